The molecule has 0 radical (unpaired) electrons. The normalized spacial score (nSPS) is 21.5. The lowest BCUT2D eigenvalue weighted by molar-refractivity contribution is 0.0270. The van der Waals surface area contributed by atoms with Gasteiger partial charge in [-0.25, -0.2) is 9.78 Å². The van der Waals surface area contributed by atoms with Crippen molar-refractivity contribution in [1.82, 2.24) is 4.98 Å². The van der Waals surface area contributed by atoms with Crippen molar-refractivity contribution in [2.75, 3.05) is 25.1 Å². The quantitative estimate of drug-likeness (QED) is 0.827. The molecule has 0 bridgehead atoms. The van der Waals surface area contributed by atoms with Gasteiger partial charge in [0, 0.05) is 24.7 Å². The number of anilines is 1. The third kappa shape index (κ3) is 2.04. The zero-order chi connectivity index (χ0) is 12.5. The number of pyridine rings is 1. The van der Waals surface area contributed by atoms with Crippen molar-refractivity contribution >= 4 is 23.4 Å². The zero-order valence-corrected chi connectivity index (χ0v) is 10.5. The predicted molar refractivity (Wildman–Crippen MR) is 66.1 cm³/mol. The van der Waals surface area contributed by atoms with Gasteiger partial charge in [0.2, 0.25) is 0 Å². The molecule has 0 saturated carbocycles. The van der Waals surface area contributed by atoms with Crippen LogP contribution < -0.4 is 5.32 Å². The van der Waals surface area contributed by atoms with Crippen LogP contribution in [0.4, 0.5) is 5.82 Å². The number of hydrogen-bond donors (Lipinski definition) is 1. The molecule has 1 saturated heterocycles. The van der Waals surface area contributed by atoms with Gasteiger partial charge in [-0.3, -0.25) is 0 Å². The summed E-state index contributed by atoms with van der Waals surface area (Å²) in [5.41, 5.74) is 1.24. The highest BCUT2D eigenvalue weighted by atomic mass is 35.5. The van der Waals surface area contributed by atoms with E-state index in [0.717, 1.165) is 30.8 Å². The van der Waals surface area contributed by atoms with E-state index in [1.165, 1.54) is 6.20 Å². The molecule has 1 aromatic rings. The smallest absolute Gasteiger partial charge is 0.341 e. The summed E-state index contributed by atoms with van der Waals surface area (Å²) in [6, 6.07) is 0. The van der Waals surface area contributed by atoms with Crippen molar-refractivity contribution in [2.45, 2.75) is 18.9 Å². The number of esters is 1. The number of aromatic nitrogens is 1. The molecule has 1 N–H and O–H groups in total. The minimum atomic E-state index is -0.419. The van der Waals surface area contributed by atoms with Crippen LogP contribution in [0.1, 0.15) is 22.3 Å². The Balaban J connectivity index is 1.81. The second-order valence-electron chi connectivity index (χ2n) is 4.38. The van der Waals surface area contributed by atoms with E-state index in [-0.39, 0.29) is 6.10 Å². The SMILES string of the molecule is O=C(O[C@H]1CCOC1)c1cnc2c(c1Cl)CCN2. The molecule has 3 rings (SSSR count). The number of fused-ring (bicyclic) bond motifs is 1. The van der Waals surface area contributed by atoms with E-state index < -0.39 is 5.97 Å². The van der Waals surface area contributed by atoms with Gasteiger partial charge in [0.1, 0.15) is 11.9 Å². The fourth-order valence-corrected chi connectivity index (χ4v) is 2.49. The highest BCUT2D eigenvalue weighted by molar-refractivity contribution is 6.34. The Bertz CT molecular complexity index is 486. The highest BCUT2D eigenvalue weighted by Crippen LogP contribution is 2.30. The first kappa shape index (κ1) is 11.7. The van der Waals surface area contributed by atoms with Gasteiger partial charge in [0.05, 0.1) is 23.8 Å². The van der Waals surface area contributed by atoms with Gasteiger partial charge < -0.3 is 14.8 Å². The summed E-state index contributed by atoms with van der Waals surface area (Å²) >= 11 is 6.22. The minimum absolute atomic E-state index is 0.167. The number of halogens is 1. The topological polar surface area (TPSA) is 60.5 Å². The van der Waals surface area contributed by atoms with Crippen molar-refractivity contribution in [3.8, 4) is 0 Å². The standard InChI is InChI=1S/C12H13ClN2O3/c13-10-8-1-3-14-11(8)15-5-9(10)12(16)18-7-2-4-17-6-7/h5,7H,1-4,6H2,(H,14,15)/t7-/m0/s1. The van der Waals surface area contributed by atoms with E-state index in [9.17, 15) is 4.79 Å². The summed E-state index contributed by atoms with van der Waals surface area (Å²) in [5, 5.41) is 3.57. The Hall–Kier alpha value is -1.33. The lowest BCUT2D eigenvalue weighted by Crippen LogP contribution is -2.18. The molecular formula is C12H13ClN2O3. The lowest BCUT2D eigenvalue weighted by Gasteiger charge is -2.12. The van der Waals surface area contributed by atoms with Crippen molar-refractivity contribution in [2.24, 2.45) is 0 Å². The zero-order valence-electron chi connectivity index (χ0n) is 9.74. The number of carbonyl (C=O) groups is 1. The van der Waals surface area contributed by atoms with Crippen LogP contribution in [-0.4, -0.2) is 36.8 Å². The maximum absolute atomic E-state index is 12.0. The van der Waals surface area contributed by atoms with Gasteiger partial charge in [-0.1, -0.05) is 11.6 Å². The summed E-state index contributed by atoms with van der Waals surface area (Å²) in [6.45, 7) is 1.90. The summed E-state index contributed by atoms with van der Waals surface area (Å²) in [6.07, 6.45) is 2.83. The van der Waals surface area contributed by atoms with Crippen LogP contribution in [0.15, 0.2) is 6.20 Å². The molecule has 1 fully saturated rings. The molecule has 1 aromatic heterocycles. The molecule has 0 spiro atoms. The first-order valence-corrected chi connectivity index (χ1v) is 6.33. The van der Waals surface area contributed by atoms with E-state index in [0.29, 0.717) is 23.8 Å². The van der Waals surface area contributed by atoms with Crippen molar-refractivity contribution in [3.63, 3.8) is 0 Å². The Labute approximate surface area is 109 Å². The fourth-order valence-electron chi connectivity index (χ4n) is 2.18. The number of carbonyl (C=O) groups excluding carboxylic acids is 1. The number of nitrogens with zero attached hydrogens (tertiary/aromatic N) is 1. The third-order valence-electron chi connectivity index (χ3n) is 3.16. The average Bonchev–Trinajstić information content (AvgIpc) is 2.99. The first-order valence-electron chi connectivity index (χ1n) is 5.95. The maximum Gasteiger partial charge on any atom is 0.341 e. The lowest BCUT2D eigenvalue weighted by atomic mass is 10.1. The largest absolute Gasteiger partial charge is 0.456 e. The Morgan fingerprint density at radius 1 is 1.61 bits per heavy atom. The van der Waals surface area contributed by atoms with E-state index in [1.54, 1.807) is 0 Å². The number of rotatable bonds is 2. The van der Waals surface area contributed by atoms with Crippen LogP contribution in [0.5, 0.6) is 0 Å². The molecule has 0 aliphatic carbocycles. The molecule has 3 heterocycles. The van der Waals surface area contributed by atoms with Gasteiger partial charge in [-0.2, -0.15) is 0 Å². The van der Waals surface area contributed by atoms with Gasteiger partial charge in [-0.05, 0) is 6.42 Å². The van der Waals surface area contributed by atoms with E-state index in [1.807, 2.05) is 0 Å². The van der Waals surface area contributed by atoms with Gasteiger partial charge in [-0.15, -0.1) is 0 Å². The van der Waals surface area contributed by atoms with Crippen LogP contribution in [0.25, 0.3) is 0 Å². The van der Waals surface area contributed by atoms with Crippen LogP contribution in [0, 0.1) is 0 Å². The molecule has 0 aromatic carbocycles. The molecule has 96 valence electrons. The highest BCUT2D eigenvalue weighted by Gasteiger charge is 2.25. The number of nitrogens with one attached hydrogen (secondary N) is 1. The van der Waals surface area contributed by atoms with Crippen LogP contribution >= 0.6 is 11.6 Å². The summed E-state index contributed by atoms with van der Waals surface area (Å²) in [5.74, 6) is 0.346. The van der Waals surface area contributed by atoms with E-state index >= 15 is 0 Å². The second-order valence-corrected chi connectivity index (χ2v) is 4.76. The summed E-state index contributed by atoms with van der Waals surface area (Å²) < 4.78 is 10.5. The molecule has 2 aliphatic rings. The molecule has 1 atom stereocenters. The van der Waals surface area contributed by atoms with Crippen LogP contribution in [0.3, 0.4) is 0 Å². The Kier molecular flexibility index (Phi) is 3.09. The average molecular weight is 269 g/mol. The van der Waals surface area contributed by atoms with Crippen molar-refractivity contribution < 1.29 is 14.3 Å². The van der Waals surface area contributed by atoms with E-state index in [2.05, 4.69) is 10.3 Å². The Morgan fingerprint density at radius 2 is 2.50 bits per heavy atom. The van der Waals surface area contributed by atoms with Crippen molar-refractivity contribution in [1.29, 1.82) is 0 Å². The maximum atomic E-state index is 12.0. The molecule has 0 unspecified atom stereocenters. The Morgan fingerprint density at radius 3 is 3.28 bits per heavy atom. The molecule has 18 heavy (non-hydrogen) atoms. The first-order chi connectivity index (χ1) is 8.75. The fraction of sp³-hybridized carbons (Fsp3) is 0.500. The second kappa shape index (κ2) is 4.74. The predicted octanol–water partition coefficient (Wildman–Crippen LogP) is 1.65. The molecule has 0 amide bonds. The van der Waals surface area contributed by atoms with Crippen LogP contribution in [-0.2, 0) is 15.9 Å². The van der Waals surface area contributed by atoms with Crippen LogP contribution in [0.2, 0.25) is 5.02 Å². The minimum Gasteiger partial charge on any atom is -0.456 e. The summed E-state index contributed by atoms with van der Waals surface area (Å²) in [4.78, 5) is 16.2. The summed E-state index contributed by atoms with van der Waals surface area (Å²) in [7, 11) is 0. The van der Waals surface area contributed by atoms with Crippen molar-refractivity contribution in [3.05, 3.63) is 22.3 Å². The molecule has 2 aliphatic heterocycles. The molecular weight excluding hydrogens is 256 g/mol. The molecule has 6 heteroatoms. The number of ether oxygens (including phenoxy) is 2. The van der Waals surface area contributed by atoms with Gasteiger partial charge in [0.15, 0.2) is 0 Å². The monoisotopic (exact) mass is 268 g/mol. The number of hydrogen-bond acceptors (Lipinski definition) is 5. The molecule has 5 nitrogen and oxygen atoms in total. The van der Waals surface area contributed by atoms with Gasteiger partial charge >= 0.3 is 5.97 Å². The third-order valence-corrected chi connectivity index (χ3v) is 3.59. The van der Waals surface area contributed by atoms with E-state index in [4.69, 9.17) is 21.1 Å². The van der Waals surface area contributed by atoms with Gasteiger partial charge in [0.25, 0.3) is 0 Å².